The second kappa shape index (κ2) is 4.79. The largest absolute Gasteiger partial charge is 0.495 e. The highest BCUT2D eigenvalue weighted by atomic mass is 16.5. The highest BCUT2D eigenvalue weighted by molar-refractivity contribution is 5.19. The van der Waals surface area contributed by atoms with Gasteiger partial charge in [-0.2, -0.15) is 0 Å². The summed E-state index contributed by atoms with van der Waals surface area (Å²) in [7, 11) is 1.59. The van der Waals surface area contributed by atoms with Gasteiger partial charge in [-0.15, -0.1) is 0 Å². The Labute approximate surface area is 77.4 Å². The third-order valence-corrected chi connectivity index (χ3v) is 1.75. The van der Waals surface area contributed by atoms with Gasteiger partial charge in [-0.25, -0.2) is 0 Å². The molecule has 0 aromatic carbocycles. The normalized spacial score (nSPS) is 12.5. The molecule has 0 amide bonds. The Hall–Kier alpha value is -1.13. The van der Waals surface area contributed by atoms with Crippen LogP contribution in [-0.2, 0) is 6.42 Å². The van der Waals surface area contributed by atoms with E-state index in [-0.39, 0.29) is 6.54 Å². The molecule has 0 aliphatic rings. The third-order valence-electron chi connectivity index (χ3n) is 1.75. The molecular weight excluding hydrogens is 168 g/mol. The van der Waals surface area contributed by atoms with Gasteiger partial charge in [-0.3, -0.25) is 4.98 Å². The number of hydrogen-bond acceptors (Lipinski definition) is 4. The summed E-state index contributed by atoms with van der Waals surface area (Å²) < 4.78 is 4.95. The topological polar surface area (TPSA) is 68.4 Å². The summed E-state index contributed by atoms with van der Waals surface area (Å²) in [6.07, 6.45) is 1.60. The molecule has 13 heavy (non-hydrogen) atoms. The van der Waals surface area contributed by atoms with Crippen LogP contribution in [0.3, 0.4) is 0 Å². The van der Waals surface area contributed by atoms with Gasteiger partial charge >= 0.3 is 0 Å². The Morgan fingerprint density at radius 2 is 2.38 bits per heavy atom. The Balaban J connectivity index is 2.58. The van der Waals surface area contributed by atoms with E-state index in [0.29, 0.717) is 12.2 Å². The summed E-state index contributed by atoms with van der Waals surface area (Å²) in [4.78, 5) is 4.10. The number of aromatic nitrogens is 1. The molecule has 0 radical (unpaired) electrons. The van der Waals surface area contributed by atoms with Crippen LogP contribution in [0.2, 0.25) is 0 Å². The van der Waals surface area contributed by atoms with Crippen LogP contribution in [0.4, 0.5) is 0 Å². The first-order valence-corrected chi connectivity index (χ1v) is 4.13. The van der Waals surface area contributed by atoms with E-state index >= 15 is 0 Å². The Kier molecular flexibility index (Phi) is 3.67. The Morgan fingerprint density at radius 3 is 2.85 bits per heavy atom. The molecule has 4 nitrogen and oxygen atoms in total. The summed E-state index contributed by atoms with van der Waals surface area (Å²) in [6, 6.07) is 3.63. The molecule has 0 fully saturated rings. The number of nitrogens with zero attached hydrogens (tertiary/aromatic N) is 1. The van der Waals surface area contributed by atoms with E-state index in [4.69, 9.17) is 10.5 Å². The maximum absolute atomic E-state index is 9.24. The zero-order chi connectivity index (χ0) is 9.68. The van der Waals surface area contributed by atoms with Crippen molar-refractivity contribution in [2.75, 3.05) is 13.7 Å². The van der Waals surface area contributed by atoms with E-state index < -0.39 is 6.10 Å². The molecule has 1 aromatic rings. The van der Waals surface area contributed by atoms with E-state index in [1.165, 1.54) is 0 Å². The van der Waals surface area contributed by atoms with E-state index in [1.54, 1.807) is 13.3 Å². The monoisotopic (exact) mass is 182 g/mol. The number of rotatable bonds is 4. The molecule has 1 heterocycles. The average molecular weight is 182 g/mol. The molecule has 72 valence electrons. The second-order valence-electron chi connectivity index (χ2n) is 2.78. The van der Waals surface area contributed by atoms with Gasteiger partial charge in [0.25, 0.3) is 0 Å². The fraction of sp³-hybridized carbons (Fsp3) is 0.444. The maximum Gasteiger partial charge on any atom is 0.137 e. The molecule has 4 heteroatoms. The Morgan fingerprint density at radius 1 is 1.62 bits per heavy atom. The first kappa shape index (κ1) is 9.95. The van der Waals surface area contributed by atoms with Gasteiger partial charge in [0, 0.05) is 18.7 Å². The van der Waals surface area contributed by atoms with Crippen LogP contribution in [-0.4, -0.2) is 29.8 Å². The zero-order valence-corrected chi connectivity index (χ0v) is 7.60. The molecule has 1 atom stereocenters. The van der Waals surface area contributed by atoms with E-state index in [9.17, 15) is 5.11 Å². The van der Waals surface area contributed by atoms with Crippen LogP contribution >= 0.6 is 0 Å². The highest BCUT2D eigenvalue weighted by Crippen LogP contribution is 2.08. The molecular formula is C9H14N2O2. The lowest BCUT2D eigenvalue weighted by molar-refractivity contribution is 0.182. The van der Waals surface area contributed by atoms with Crippen LogP contribution in [0.5, 0.6) is 5.75 Å². The minimum Gasteiger partial charge on any atom is -0.495 e. The van der Waals surface area contributed by atoms with Gasteiger partial charge in [-0.05, 0) is 12.1 Å². The molecule has 0 bridgehead atoms. The summed E-state index contributed by atoms with van der Waals surface area (Å²) in [5.74, 6) is 0.714. The van der Waals surface area contributed by atoms with Crippen LogP contribution in [0.15, 0.2) is 18.3 Å². The molecule has 0 spiro atoms. The van der Waals surface area contributed by atoms with Crippen LogP contribution < -0.4 is 10.5 Å². The number of ether oxygens (including phenoxy) is 1. The summed E-state index contributed by atoms with van der Waals surface area (Å²) in [5, 5.41) is 9.24. The first-order valence-electron chi connectivity index (χ1n) is 4.13. The predicted molar refractivity (Wildman–Crippen MR) is 49.6 cm³/mol. The van der Waals surface area contributed by atoms with Crippen molar-refractivity contribution in [1.82, 2.24) is 4.98 Å². The van der Waals surface area contributed by atoms with Crippen molar-refractivity contribution in [3.8, 4) is 5.75 Å². The number of nitrogens with two attached hydrogens (primary N) is 1. The molecule has 1 aromatic heterocycles. The van der Waals surface area contributed by atoms with Gasteiger partial charge in [-0.1, -0.05) is 0 Å². The minimum atomic E-state index is -0.513. The number of aliphatic hydroxyl groups is 1. The SMILES string of the molecule is COc1ccc(CC(O)CN)nc1. The maximum atomic E-state index is 9.24. The van der Waals surface area contributed by atoms with Crippen molar-refractivity contribution in [2.24, 2.45) is 5.73 Å². The Bertz CT molecular complexity index is 248. The lowest BCUT2D eigenvalue weighted by Gasteiger charge is -2.06. The van der Waals surface area contributed by atoms with Gasteiger partial charge in [0.15, 0.2) is 0 Å². The molecule has 3 N–H and O–H groups in total. The second-order valence-corrected chi connectivity index (χ2v) is 2.78. The molecule has 1 unspecified atom stereocenters. The van der Waals surface area contributed by atoms with Crippen molar-refractivity contribution in [2.45, 2.75) is 12.5 Å². The van der Waals surface area contributed by atoms with Gasteiger partial charge in [0.05, 0.1) is 19.4 Å². The van der Waals surface area contributed by atoms with Gasteiger partial charge < -0.3 is 15.6 Å². The highest BCUT2D eigenvalue weighted by Gasteiger charge is 2.03. The molecule has 0 saturated carbocycles. The van der Waals surface area contributed by atoms with Crippen molar-refractivity contribution in [3.63, 3.8) is 0 Å². The summed E-state index contributed by atoms with van der Waals surface area (Å²) in [6.45, 7) is 0.258. The zero-order valence-electron chi connectivity index (χ0n) is 7.60. The fourth-order valence-corrected chi connectivity index (χ4v) is 0.977. The van der Waals surface area contributed by atoms with Gasteiger partial charge in [0.1, 0.15) is 5.75 Å². The quantitative estimate of drug-likeness (QED) is 0.685. The summed E-state index contributed by atoms with van der Waals surface area (Å²) in [5.41, 5.74) is 6.09. The molecule has 0 saturated heterocycles. The fourth-order valence-electron chi connectivity index (χ4n) is 0.977. The molecule has 0 aliphatic heterocycles. The minimum absolute atomic E-state index is 0.258. The lowest BCUT2D eigenvalue weighted by Crippen LogP contribution is -2.22. The van der Waals surface area contributed by atoms with Gasteiger partial charge in [0.2, 0.25) is 0 Å². The van der Waals surface area contributed by atoms with Crippen molar-refractivity contribution in [1.29, 1.82) is 0 Å². The molecule has 0 aliphatic carbocycles. The van der Waals surface area contributed by atoms with E-state index in [2.05, 4.69) is 4.98 Å². The van der Waals surface area contributed by atoms with E-state index in [1.807, 2.05) is 12.1 Å². The number of pyridine rings is 1. The van der Waals surface area contributed by atoms with Crippen LogP contribution in [0, 0.1) is 0 Å². The van der Waals surface area contributed by atoms with Crippen molar-refractivity contribution >= 4 is 0 Å². The first-order chi connectivity index (χ1) is 6.26. The van der Waals surface area contributed by atoms with E-state index in [0.717, 1.165) is 5.69 Å². The number of methoxy groups -OCH3 is 1. The average Bonchev–Trinajstić information content (AvgIpc) is 2.19. The van der Waals surface area contributed by atoms with Crippen LogP contribution in [0.1, 0.15) is 5.69 Å². The standard InChI is InChI=1S/C9H14N2O2/c1-13-9-3-2-7(11-6-9)4-8(12)5-10/h2-3,6,8,12H,4-5,10H2,1H3. The van der Waals surface area contributed by atoms with Crippen molar-refractivity contribution in [3.05, 3.63) is 24.0 Å². The number of aliphatic hydroxyl groups excluding tert-OH is 1. The summed E-state index contributed by atoms with van der Waals surface area (Å²) >= 11 is 0. The molecule has 1 rings (SSSR count). The number of hydrogen-bond donors (Lipinski definition) is 2. The van der Waals surface area contributed by atoms with Crippen molar-refractivity contribution < 1.29 is 9.84 Å². The predicted octanol–water partition coefficient (Wildman–Crippen LogP) is -0.0477. The van der Waals surface area contributed by atoms with Crippen LogP contribution in [0.25, 0.3) is 0 Å². The third kappa shape index (κ3) is 3.01. The lowest BCUT2D eigenvalue weighted by atomic mass is 10.2. The smallest absolute Gasteiger partial charge is 0.137 e.